The normalized spacial score (nSPS) is 22.4. The molecule has 14 heavy (non-hydrogen) atoms. The predicted molar refractivity (Wildman–Crippen MR) is 54.0 cm³/mol. The van der Waals surface area contributed by atoms with Crippen molar-refractivity contribution in [2.45, 2.75) is 46.1 Å². The third kappa shape index (κ3) is 4.61. The van der Waals surface area contributed by atoms with Crippen molar-refractivity contribution in [2.75, 3.05) is 13.2 Å². The number of rotatable bonds is 3. The third-order valence-electron chi connectivity index (χ3n) is 2.13. The van der Waals surface area contributed by atoms with Gasteiger partial charge in [-0.05, 0) is 18.3 Å². The number of esters is 1. The van der Waals surface area contributed by atoms with Gasteiger partial charge in [-0.2, -0.15) is 0 Å². The monoisotopic (exact) mass is 200 g/mol. The Morgan fingerprint density at radius 3 is 2.71 bits per heavy atom. The van der Waals surface area contributed by atoms with Gasteiger partial charge in [0.2, 0.25) is 0 Å². The molecule has 1 aliphatic heterocycles. The van der Waals surface area contributed by atoms with E-state index in [1.807, 2.05) is 20.8 Å². The van der Waals surface area contributed by atoms with Crippen LogP contribution in [0.15, 0.2) is 0 Å². The molecule has 0 aliphatic carbocycles. The van der Waals surface area contributed by atoms with Crippen LogP contribution in [0, 0.1) is 5.41 Å². The molecular weight excluding hydrogens is 180 g/mol. The van der Waals surface area contributed by atoms with Crippen LogP contribution in [0.4, 0.5) is 0 Å². The van der Waals surface area contributed by atoms with Crippen LogP contribution in [-0.2, 0) is 14.3 Å². The van der Waals surface area contributed by atoms with Gasteiger partial charge in [-0.15, -0.1) is 0 Å². The standard InChI is InChI=1S/C11H20O3/c1-11(2,3)7-10(12)14-8-9-5-4-6-13-9/h9H,4-8H2,1-3H3. The highest BCUT2D eigenvalue weighted by molar-refractivity contribution is 5.70. The van der Waals surface area contributed by atoms with E-state index in [0.29, 0.717) is 13.0 Å². The second kappa shape index (κ2) is 4.78. The van der Waals surface area contributed by atoms with Gasteiger partial charge in [0.15, 0.2) is 0 Å². The Kier molecular flexibility index (Phi) is 3.93. The molecule has 1 unspecified atom stereocenters. The zero-order valence-corrected chi connectivity index (χ0v) is 9.34. The first-order chi connectivity index (χ1) is 6.47. The average molecular weight is 200 g/mol. The summed E-state index contributed by atoms with van der Waals surface area (Å²) in [5, 5.41) is 0. The lowest BCUT2D eigenvalue weighted by atomic mass is 9.92. The molecule has 0 aromatic rings. The zero-order valence-electron chi connectivity index (χ0n) is 9.34. The van der Waals surface area contributed by atoms with Crippen molar-refractivity contribution in [3.8, 4) is 0 Å². The van der Waals surface area contributed by atoms with Crippen molar-refractivity contribution in [1.29, 1.82) is 0 Å². The minimum Gasteiger partial charge on any atom is -0.463 e. The molecule has 0 radical (unpaired) electrons. The van der Waals surface area contributed by atoms with Gasteiger partial charge in [-0.3, -0.25) is 4.79 Å². The second-order valence-electron chi connectivity index (χ2n) is 5.06. The highest BCUT2D eigenvalue weighted by atomic mass is 16.6. The van der Waals surface area contributed by atoms with Crippen LogP contribution in [0.2, 0.25) is 0 Å². The Balaban J connectivity index is 2.14. The Morgan fingerprint density at radius 2 is 2.21 bits per heavy atom. The minimum atomic E-state index is -0.118. The van der Waals surface area contributed by atoms with Gasteiger partial charge in [0.05, 0.1) is 12.5 Å². The molecule has 0 saturated carbocycles. The van der Waals surface area contributed by atoms with Crippen molar-refractivity contribution in [1.82, 2.24) is 0 Å². The van der Waals surface area contributed by atoms with Crippen molar-refractivity contribution in [3.05, 3.63) is 0 Å². The van der Waals surface area contributed by atoms with Gasteiger partial charge < -0.3 is 9.47 Å². The quantitative estimate of drug-likeness (QED) is 0.655. The summed E-state index contributed by atoms with van der Waals surface area (Å²) in [4.78, 5) is 11.3. The molecular formula is C11H20O3. The van der Waals surface area contributed by atoms with Crippen LogP contribution in [0.5, 0.6) is 0 Å². The molecule has 1 atom stereocenters. The molecule has 1 heterocycles. The summed E-state index contributed by atoms with van der Waals surface area (Å²) in [5.74, 6) is -0.118. The largest absolute Gasteiger partial charge is 0.463 e. The van der Waals surface area contributed by atoms with E-state index in [1.54, 1.807) is 0 Å². The van der Waals surface area contributed by atoms with Crippen LogP contribution in [0.3, 0.4) is 0 Å². The van der Waals surface area contributed by atoms with Crippen molar-refractivity contribution < 1.29 is 14.3 Å². The maximum atomic E-state index is 11.3. The van der Waals surface area contributed by atoms with E-state index in [0.717, 1.165) is 19.4 Å². The molecule has 1 aliphatic rings. The first-order valence-electron chi connectivity index (χ1n) is 5.24. The smallest absolute Gasteiger partial charge is 0.306 e. The molecule has 3 nitrogen and oxygen atoms in total. The zero-order chi connectivity index (χ0) is 10.6. The lowest BCUT2D eigenvalue weighted by Crippen LogP contribution is -2.21. The minimum absolute atomic E-state index is 0.00756. The predicted octanol–water partition coefficient (Wildman–Crippen LogP) is 2.14. The summed E-state index contributed by atoms with van der Waals surface area (Å²) in [6.07, 6.45) is 2.71. The summed E-state index contributed by atoms with van der Waals surface area (Å²) in [6.45, 7) is 7.32. The molecule has 0 amide bonds. The summed E-state index contributed by atoms with van der Waals surface area (Å²) in [5.41, 5.74) is 0.00756. The molecule has 0 aromatic carbocycles. The van der Waals surface area contributed by atoms with Crippen LogP contribution in [0.25, 0.3) is 0 Å². The van der Waals surface area contributed by atoms with Gasteiger partial charge in [0, 0.05) is 6.61 Å². The van der Waals surface area contributed by atoms with E-state index >= 15 is 0 Å². The van der Waals surface area contributed by atoms with Crippen LogP contribution < -0.4 is 0 Å². The van der Waals surface area contributed by atoms with Gasteiger partial charge in [-0.1, -0.05) is 20.8 Å². The summed E-state index contributed by atoms with van der Waals surface area (Å²) in [7, 11) is 0. The highest BCUT2D eigenvalue weighted by Gasteiger charge is 2.20. The van der Waals surface area contributed by atoms with Gasteiger partial charge in [-0.25, -0.2) is 0 Å². The van der Waals surface area contributed by atoms with Gasteiger partial charge >= 0.3 is 5.97 Å². The average Bonchev–Trinajstić information content (AvgIpc) is 2.49. The van der Waals surface area contributed by atoms with Crippen molar-refractivity contribution >= 4 is 5.97 Å². The third-order valence-corrected chi connectivity index (χ3v) is 2.13. The summed E-state index contributed by atoms with van der Waals surface area (Å²) in [6, 6.07) is 0. The van der Waals surface area contributed by atoms with Crippen LogP contribution in [-0.4, -0.2) is 25.3 Å². The summed E-state index contributed by atoms with van der Waals surface area (Å²) >= 11 is 0. The van der Waals surface area contributed by atoms with Gasteiger partial charge in [0.25, 0.3) is 0 Å². The molecule has 82 valence electrons. The molecule has 1 rings (SSSR count). The Bertz CT molecular complexity index is 187. The molecule has 0 N–H and O–H groups in total. The fourth-order valence-corrected chi connectivity index (χ4v) is 1.45. The molecule has 0 aromatic heterocycles. The van der Waals surface area contributed by atoms with Crippen molar-refractivity contribution in [2.24, 2.45) is 5.41 Å². The Labute approximate surface area is 85.8 Å². The van der Waals surface area contributed by atoms with Gasteiger partial charge in [0.1, 0.15) is 6.61 Å². The van der Waals surface area contributed by atoms with E-state index in [1.165, 1.54) is 0 Å². The topological polar surface area (TPSA) is 35.5 Å². The van der Waals surface area contributed by atoms with E-state index in [9.17, 15) is 4.79 Å². The first-order valence-corrected chi connectivity index (χ1v) is 5.24. The van der Waals surface area contributed by atoms with Crippen LogP contribution in [0.1, 0.15) is 40.0 Å². The SMILES string of the molecule is CC(C)(C)CC(=O)OCC1CCCO1. The Hall–Kier alpha value is -0.570. The fraction of sp³-hybridized carbons (Fsp3) is 0.909. The number of carbonyl (C=O) groups is 1. The maximum absolute atomic E-state index is 11.3. The van der Waals surface area contributed by atoms with E-state index < -0.39 is 0 Å². The Morgan fingerprint density at radius 1 is 1.50 bits per heavy atom. The number of carbonyl (C=O) groups excluding carboxylic acids is 1. The molecule has 1 saturated heterocycles. The van der Waals surface area contributed by atoms with E-state index in [2.05, 4.69) is 0 Å². The summed E-state index contributed by atoms with van der Waals surface area (Å²) < 4.78 is 10.5. The molecule has 0 spiro atoms. The number of hydrogen-bond acceptors (Lipinski definition) is 3. The molecule has 1 fully saturated rings. The lowest BCUT2D eigenvalue weighted by molar-refractivity contribution is -0.148. The number of hydrogen-bond donors (Lipinski definition) is 0. The first kappa shape index (κ1) is 11.5. The highest BCUT2D eigenvalue weighted by Crippen LogP contribution is 2.19. The molecule has 3 heteroatoms. The number of ether oxygens (including phenoxy) is 2. The van der Waals surface area contributed by atoms with E-state index in [-0.39, 0.29) is 17.5 Å². The van der Waals surface area contributed by atoms with Crippen molar-refractivity contribution in [3.63, 3.8) is 0 Å². The van der Waals surface area contributed by atoms with Crippen LogP contribution >= 0.6 is 0 Å². The van der Waals surface area contributed by atoms with E-state index in [4.69, 9.17) is 9.47 Å². The lowest BCUT2D eigenvalue weighted by Gasteiger charge is -2.17. The second-order valence-corrected chi connectivity index (χ2v) is 5.06. The fourth-order valence-electron chi connectivity index (χ4n) is 1.45. The maximum Gasteiger partial charge on any atom is 0.306 e. The molecule has 0 bridgehead atoms.